The molecule has 5 rings (SSSR count). The molecule has 0 radical (unpaired) electrons. The van der Waals surface area contributed by atoms with Crippen LogP contribution in [-0.4, -0.2) is 56.8 Å². The fourth-order valence-corrected chi connectivity index (χ4v) is 5.16. The highest BCUT2D eigenvalue weighted by Crippen LogP contribution is 2.39. The summed E-state index contributed by atoms with van der Waals surface area (Å²) in [6, 6.07) is 5.55. The Morgan fingerprint density at radius 1 is 1.25 bits per heavy atom. The Morgan fingerprint density at radius 2 is 2.14 bits per heavy atom. The molecular weight excluding hydrogens is 379 g/mol. The molecule has 3 aromatic rings. The Morgan fingerprint density at radius 3 is 2.93 bits per heavy atom. The monoisotopic (exact) mass is 400 g/mol. The molecule has 2 aromatic heterocycles. The zero-order chi connectivity index (χ0) is 19.3. The number of aromatic amines is 1. The maximum Gasteiger partial charge on any atom is 0.208 e. The van der Waals surface area contributed by atoms with Gasteiger partial charge in [-0.1, -0.05) is 17.4 Å². The summed E-state index contributed by atoms with van der Waals surface area (Å²) < 4.78 is 14.9. The van der Waals surface area contributed by atoms with Crippen molar-refractivity contribution in [3.63, 3.8) is 0 Å². The number of hydrogen-bond acceptors (Lipinski definition) is 7. The molecule has 9 heteroatoms. The van der Waals surface area contributed by atoms with Gasteiger partial charge in [-0.2, -0.15) is 5.10 Å². The van der Waals surface area contributed by atoms with E-state index in [0.29, 0.717) is 21.7 Å². The topological polar surface area (TPSA) is 90.0 Å². The van der Waals surface area contributed by atoms with Crippen LogP contribution in [0.25, 0.3) is 21.7 Å². The van der Waals surface area contributed by atoms with E-state index in [1.807, 2.05) is 24.1 Å². The van der Waals surface area contributed by atoms with Crippen molar-refractivity contribution in [2.75, 3.05) is 11.9 Å². The molecule has 2 saturated heterocycles. The number of H-pyrrole nitrogens is 1. The lowest BCUT2D eigenvalue weighted by atomic mass is 9.97. The van der Waals surface area contributed by atoms with Gasteiger partial charge in [0.25, 0.3) is 0 Å². The Balaban J connectivity index is 1.39. The third-order valence-corrected chi connectivity index (χ3v) is 6.87. The summed E-state index contributed by atoms with van der Waals surface area (Å²) in [6.07, 6.45) is 5.26. The predicted molar refractivity (Wildman–Crippen MR) is 106 cm³/mol. The van der Waals surface area contributed by atoms with Crippen LogP contribution in [0.2, 0.25) is 0 Å². The number of aromatic nitrogens is 4. The zero-order valence-electron chi connectivity index (χ0n) is 15.3. The van der Waals surface area contributed by atoms with Gasteiger partial charge >= 0.3 is 0 Å². The lowest BCUT2D eigenvalue weighted by molar-refractivity contribution is 0.176. The molecule has 7 nitrogen and oxygen atoms in total. The van der Waals surface area contributed by atoms with Crippen LogP contribution in [0.1, 0.15) is 19.3 Å². The average molecular weight is 400 g/mol. The summed E-state index contributed by atoms with van der Waals surface area (Å²) in [5, 5.41) is 30.3. The average Bonchev–Trinajstić information content (AvgIpc) is 3.45. The van der Waals surface area contributed by atoms with Gasteiger partial charge < -0.3 is 15.3 Å². The maximum absolute atomic E-state index is 14.9. The second-order valence-corrected chi connectivity index (χ2v) is 8.47. The van der Waals surface area contributed by atoms with Gasteiger partial charge in [0.15, 0.2) is 5.01 Å². The van der Waals surface area contributed by atoms with Crippen LogP contribution in [0, 0.1) is 0 Å². The molecule has 0 saturated carbocycles. The van der Waals surface area contributed by atoms with Crippen molar-refractivity contribution in [3.05, 3.63) is 30.6 Å². The highest BCUT2D eigenvalue weighted by molar-refractivity contribution is 7.18. The van der Waals surface area contributed by atoms with Crippen LogP contribution in [0.4, 0.5) is 9.52 Å². The predicted octanol–water partition coefficient (Wildman–Crippen LogP) is 2.97. The quantitative estimate of drug-likeness (QED) is 0.624. The number of fused-ring (bicyclic) bond motifs is 2. The minimum atomic E-state index is -0.918. The van der Waals surface area contributed by atoms with Crippen molar-refractivity contribution in [2.45, 2.75) is 43.6 Å². The number of nitrogens with one attached hydrogen (secondary N) is 2. The van der Waals surface area contributed by atoms with E-state index in [1.54, 1.807) is 18.5 Å². The van der Waals surface area contributed by atoms with Gasteiger partial charge in [0.05, 0.1) is 17.8 Å². The summed E-state index contributed by atoms with van der Waals surface area (Å²) in [6.45, 7) is 0. The summed E-state index contributed by atoms with van der Waals surface area (Å²) in [5.41, 5.74) is 2.38. The Kier molecular flexibility index (Phi) is 4.28. The van der Waals surface area contributed by atoms with Gasteiger partial charge in [0, 0.05) is 30.9 Å². The molecule has 4 atom stereocenters. The number of hydrogen-bond donors (Lipinski definition) is 3. The van der Waals surface area contributed by atoms with E-state index in [4.69, 9.17) is 0 Å². The zero-order valence-corrected chi connectivity index (χ0v) is 16.2. The second-order valence-electron chi connectivity index (χ2n) is 7.51. The van der Waals surface area contributed by atoms with E-state index in [1.165, 1.54) is 11.3 Å². The van der Waals surface area contributed by atoms with Crippen molar-refractivity contribution in [1.82, 2.24) is 25.7 Å². The standard InChI is InChI=1S/C19H21FN6OS/c1-26(15-7-12-3-5-14(23-12)17(15)20)19-25-24-18(28-19)13-4-2-10(6-16(13)27)11-8-21-22-9-11/h2,4,6,8-9,12,14-15,17,23,27H,3,5,7H2,1H3,(H,21,22)/t12-,14+,15-,17+/m0/s1. The first-order valence-corrected chi connectivity index (χ1v) is 10.2. The van der Waals surface area contributed by atoms with Gasteiger partial charge in [-0.3, -0.25) is 5.10 Å². The SMILES string of the molecule is CN(c1nnc(-c2ccc(-c3cn[nH]c3)cc2O)s1)[C@H]1C[C@@H]2CC[C@@H](N2)[C@H]1F. The van der Waals surface area contributed by atoms with E-state index in [9.17, 15) is 9.50 Å². The number of phenols is 1. The van der Waals surface area contributed by atoms with E-state index < -0.39 is 6.17 Å². The van der Waals surface area contributed by atoms with Crippen LogP contribution in [0.15, 0.2) is 30.6 Å². The molecule has 0 unspecified atom stereocenters. The van der Waals surface area contributed by atoms with Gasteiger partial charge in [-0.25, -0.2) is 4.39 Å². The van der Waals surface area contributed by atoms with Gasteiger partial charge in [0.2, 0.25) is 5.13 Å². The number of halogens is 1. The van der Waals surface area contributed by atoms with Gasteiger partial charge in [-0.05, 0) is 37.0 Å². The number of alkyl halides is 1. The number of phenolic OH excluding ortho intramolecular Hbond substituents is 1. The first-order chi connectivity index (χ1) is 13.6. The van der Waals surface area contributed by atoms with Crippen molar-refractivity contribution >= 4 is 16.5 Å². The van der Waals surface area contributed by atoms with Crippen molar-refractivity contribution in [1.29, 1.82) is 0 Å². The van der Waals surface area contributed by atoms with Gasteiger partial charge in [-0.15, -0.1) is 10.2 Å². The number of aromatic hydroxyl groups is 1. The van der Waals surface area contributed by atoms with Crippen molar-refractivity contribution < 1.29 is 9.50 Å². The summed E-state index contributed by atoms with van der Waals surface area (Å²) >= 11 is 1.37. The fourth-order valence-electron chi connectivity index (χ4n) is 4.26. The molecule has 4 heterocycles. The van der Waals surface area contributed by atoms with Gasteiger partial charge in [0.1, 0.15) is 11.9 Å². The molecule has 1 aromatic carbocycles. The molecule has 0 spiro atoms. The number of piperidine rings is 1. The third kappa shape index (κ3) is 2.94. The van der Waals surface area contributed by atoms with Crippen LogP contribution in [0.5, 0.6) is 5.75 Å². The first-order valence-electron chi connectivity index (χ1n) is 9.39. The largest absolute Gasteiger partial charge is 0.507 e. The molecule has 2 fully saturated rings. The molecule has 2 aliphatic heterocycles. The van der Waals surface area contributed by atoms with E-state index in [-0.39, 0.29) is 17.8 Å². The molecule has 28 heavy (non-hydrogen) atoms. The molecule has 0 amide bonds. The number of rotatable bonds is 4. The molecule has 2 bridgehead atoms. The second kappa shape index (κ2) is 6.82. The van der Waals surface area contributed by atoms with E-state index in [2.05, 4.69) is 25.7 Å². The summed E-state index contributed by atoms with van der Waals surface area (Å²) in [5.74, 6) is 0.132. The van der Waals surface area contributed by atoms with Crippen molar-refractivity contribution in [2.24, 2.45) is 0 Å². The number of benzene rings is 1. The first kappa shape index (κ1) is 17.6. The minimum absolute atomic E-state index is 0.0573. The minimum Gasteiger partial charge on any atom is -0.507 e. The molecule has 146 valence electrons. The van der Waals surface area contributed by atoms with E-state index in [0.717, 1.165) is 30.4 Å². The normalized spacial score (nSPS) is 26.5. The molecule has 2 aliphatic rings. The Bertz CT molecular complexity index is 977. The van der Waals surface area contributed by atoms with Crippen LogP contribution in [0.3, 0.4) is 0 Å². The highest BCUT2D eigenvalue weighted by Gasteiger charge is 2.44. The molecule has 3 N–H and O–H groups in total. The number of anilines is 1. The lowest BCUT2D eigenvalue weighted by Crippen LogP contribution is -2.55. The number of nitrogens with zero attached hydrogens (tertiary/aromatic N) is 4. The fraction of sp³-hybridized carbons (Fsp3) is 0.421. The molecule has 0 aliphatic carbocycles. The maximum atomic E-state index is 14.9. The molecular formula is C19H21FN6OS. The lowest BCUT2D eigenvalue weighted by Gasteiger charge is -2.38. The van der Waals surface area contributed by atoms with Crippen LogP contribution < -0.4 is 10.2 Å². The summed E-state index contributed by atoms with van der Waals surface area (Å²) in [7, 11) is 1.88. The Hall–Kier alpha value is -2.52. The Labute approximate surface area is 165 Å². The smallest absolute Gasteiger partial charge is 0.208 e. The van der Waals surface area contributed by atoms with Crippen LogP contribution in [-0.2, 0) is 0 Å². The van der Waals surface area contributed by atoms with Crippen molar-refractivity contribution in [3.8, 4) is 27.4 Å². The third-order valence-electron chi connectivity index (χ3n) is 5.83. The summed E-state index contributed by atoms with van der Waals surface area (Å²) in [4.78, 5) is 1.91. The van der Waals surface area contributed by atoms with E-state index >= 15 is 0 Å². The highest BCUT2D eigenvalue weighted by atomic mass is 32.1. The van der Waals surface area contributed by atoms with Crippen LogP contribution >= 0.6 is 11.3 Å².